The summed E-state index contributed by atoms with van der Waals surface area (Å²) < 4.78 is 0.940. The maximum atomic E-state index is 12.5. The Morgan fingerprint density at radius 3 is 2.38 bits per heavy atom. The van der Waals surface area contributed by atoms with Crippen LogP contribution < -0.4 is 10.2 Å². The Labute approximate surface area is 133 Å². The Hall–Kier alpha value is -1.20. The first kappa shape index (κ1) is 14.7. The molecule has 1 saturated carbocycles. The SMILES string of the molecule is O=C1C[C@@H]([NH2+]C2CCCCC2)C(=O)N1c1ccc(Br)cc1. The van der Waals surface area contributed by atoms with Crippen LogP contribution in [0.25, 0.3) is 0 Å². The maximum Gasteiger partial charge on any atom is 0.292 e. The molecule has 0 spiro atoms. The van der Waals surface area contributed by atoms with Crippen LogP contribution in [0.5, 0.6) is 0 Å². The van der Waals surface area contributed by atoms with Gasteiger partial charge in [0.1, 0.15) is 0 Å². The van der Waals surface area contributed by atoms with Crippen LogP contribution in [0.3, 0.4) is 0 Å². The lowest BCUT2D eigenvalue weighted by Gasteiger charge is -2.22. The molecule has 1 aromatic carbocycles. The molecular formula is C16H20BrN2O2+. The fraction of sp³-hybridized carbons (Fsp3) is 0.500. The number of anilines is 1. The van der Waals surface area contributed by atoms with Gasteiger partial charge >= 0.3 is 0 Å². The third-order valence-corrected chi connectivity index (χ3v) is 4.95. The summed E-state index contributed by atoms with van der Waals surface area (Å²) in [6, 6.07) is 7.60. The molecule has 4 nitrogen and oxygen atoms in total. The largest absolute Gasteiger partial charge is 0.333 e. The first-order valence-electron chi connectivity index (χ1n) is 7.62. The number of carbonyl (C=O) groups excluding carboxylic acids is 2. The molecule has 2 N–H and O–H groups in total. The van der Waals surface area contributed by atoms with Crippen LogP contribution >= 0.6 is 15.9 Å². The monoisotopic (exact) mass is 351 g/mol. The zero-order valence-corrected chi connectivity index (χ0v) is 13.5. The van der Waals surface area contributed by atoms with Gasteiger partial charge in [0.2, 0.25) is 5.91 Å². The van der Waals surface area contributed by atoms with Crippen molar-refractivity contribution in [3.05, 3.63) is 28.7 Å². The summed E-state index contributed by atoms with van der Waals surface area (Å²) in [5, 5.41) is 2.14. The van der Waals surface area contributed by atoms with Crippen molar-refractivity contribution in [1.29, 1.82) is 0 Å². The smallest absolute Gasteiger partial charge is 0.292 e. The quantitative estimate of drug-likeness (QED) is 0.846. The number of quaternary nitrogens is 1. The van der Waals surface area contributed by atoms with E-state index in [1.165, 1.54) is 24.2 Å². The number of benzene rings is 1. The number of hydrogen-bond donors (Lipinski definition) is 1. The molecule has 0 unspecified atom stereocenters. The van der Waals surface area contributed by atoms with Crippen molar-refractivity contribution >= 4 is 33.4 Å². The van der Waals surface area contributed by atoms with Gasteiger partial charge < -0.3 is 5.32 Å². The molecule has 21 heavy (non-hydrogen) atoms. The summed E-state index contributed by atoms with van der Waals surface area (Å²) in [5.74, 6) is -0.146. The van der Waals surface area contributed by atoms with Gasteiger partial charge in [0, 0.05) is 4.47 Å². The van der Waals surface area contributed by atoms with Crippen molar-refractivity contribution in [3.63, 3.8) is 0 Å². The first-order valence-corrected chi connectivity index (χ1v) is 8.42. The van der Waals surface area contributed by atoms with Crippen LogP contribution in [0.2, 0.25) is 0 Å². The summed E-state index contributed by atoms with van der Waals surface area (Å²) >= 11 is 3.37. The lowest BCUT2D eigenvalue weighted by Crippen LogP contribution is -2.96. The summed E-state index contributed by atoms with van der Waals surface area (Å²) in [4.78, 5) is 26.1. The molecule has 0 radical (unpaired) electrons. The van der Waals surface area contributed by atoms with E-state index in [9.17, 15) is 9.59 Å². The molecular weight excluding hydrogens is 332 g/mol. The van der Waals surface area contributed by atoms with Gasteiger partial charge in [-0.25, -0.2) is 4.90 Å². The van der Waals surface area contributed by atoms with Crippen molar-refractivity contribution in [3.8, 4) is 0 Å². The minimum atomic E-state index is -0.232. The number of nitrogens with zero attached hydrogens (tertiary/aromatic N) is 1. The Morgan fingerprint density at radius 2 is 1.71 bits per heavy atom. The zero-order chi connectivity index (χ0) is 14.8. The van der Waals surface area contributed by atoms with E-state index in [0.29, 0.717) is 18.2 Å². The fourth-order valence-corrected chi connectivity index (χ4v) is 3.59. The van der Waals surface area contributed by atoms with Crippen LogP contribution in [0.15, 0.2) is 28.7 Å². The number of imide groups is 1. The second kappa shape index (κ2) is 6.28. The summed E-state index contributed by atoms with van der Waals surface area (Å²) in [6.07, 6.45) is 6.43. The standard InChI is InChI=1S/C16H19BrN2O2/c17-11-6-8-13(9-7-11)19-15(20)10-14(16(19)21)18-12-4-2-1-3-5-12/h6-9,12,14,18H,1-5,10H2/p+1/t14-/m1/s1. The van der Waals surface area contributed by atoms with E-state index in [0.717, 1.165) is 17.3 Å². The second-order valence-corrected chi connectivity index (χ2v) is 6.86. The Bertz CT molecular complexity index is 538. The van der Waals surface area contributed by atoms with Gasteiger partial charge in [-0.3, -0.25) is 9.59 Å². The number of rotatable bonds is 3. The van der Waals surface area contributed by atoms with Gasteiger partial charge in [-0.2, -0.15) is 0 Å². The van der Waals surface area contributed by atoms with Gasteiger partial charge in [0.15, 0.2) is 6.04 Å². The van der Waals surface area contributed by atoms with Crippen LogP contribution in [0.4, 0.5) is 5.69 Å². The van der Waals surface area contributed by atoms with E-state index in [1.54, 1.807) is 0 Å². The van der Waals surface area contributed by atoms with E-state index >= 15 is 0 Å². The molecule has 1 aromatic rings. The maximum absolute atomic E-state index is 12.5. The molecule has 112 valence electrons. The molecule has 1 atom stereocenters. The number of amides is 2. The van der Waals surface area contributed by atoms with Crippen LogP contribution in [-0.2, 0) is 9.59 Å². The topological polar surface area (TPSA) is 54.0 Å². The molecule has 3 rings (SSSR count). The third-order valence-electron chi connectivity index (χ3n) is 4.42. The highest BCUT2D eigenvalue weighted by Crippen LogP contribution is 2.24. The van der Waals surface area contributed by atoms with Crippen molar-refractivity contribution in [2.75, 3.05) is 4.90 Å². The number of halogens is 1. The molecule has 1 aliphatic carbocycles. The highest BCUT2D eigenvalue weighted by Gasteiger charge is 2.43. The molecule has 1 heterocycles. The van der Waals surface area contributed by atoms with Gasteiger partial charge in [-0.05, 0) is 49.9 Å². The average Bonchev–Trinajstić information content (AvgIpc) is 2.76. The van der Waals surface area contributed by atoms with E-state index in [1.807, 2.05) is 24.3 Å². The summed E-state index contributed by atoms with van der Waals surface area (Å²) in [5.41, 5.74) is 0.674. The molecule has 2 fully saturated rings. The predicted octanol–water partition coefficient (Wildman–Crippen LogP) is 1.98. The van der Waals surface area contributed by atoms with Gasteiger partial charge in [-0.1, -0.05) is 22.4 Å². The average molecular weight is 352 g/mol. The molecule has 1 aliphatic heterocycles. The number of carbonyl (C=O) groups is 2. The van der Waals surface area contributed by atoms with E-state index < -0.39 is 0 Å². The fourth-order valence-electron chi connectivity index (χ4n) is 3.32. The summed E-state index contributed by atoms with van der Waals surface area (Å²) in [7, 11) is 0. The van der Waals surface area contributed by atoms with E-state index in [-0.39, 0.29) is 17.9 Å². The second-order valence-electron chi connectivity index (χ2n) is 5.94. The normalized spacial score (nSPS) is 23.9. The highest BCUT2D eigenvalue weighted by molar-refractivity contribution is 9.10. The highest BCUT2D eigenvalue weighted by atomic mass is 79.9. The predicted molar refractivity (Wildman–Crippen MR) is 83.8 cm³/mol. The lowest BCUT2D eigenvalue weighted by atomic mass is 9.95. The van der Waals surface area contributed by atoms with Crippen molar-refractivity contribution in [2.24, 2.45) is 0 Å². The van der Waals surface area contributed by atoms with Crippen molar-refractivity contribution in [2.45, 2.75) is 50.6 Å². The molecule has 0 aromatic heterocycles. The molecule has 0 bridgehead atoms. The van der Waals surface area contributed by atoms with Gasteiger partial charge in [0.25, 0.3) is 5.91 Å². The van der Waals surface area contributed by atoms with Crippen LogP contribution in [-0.4, -0.2) is 23.9 Å². The minimum Gasteiger partial charge on any atom is -0.333 e. The lowest BCUT2D eigenvalue weighted by molar-refractivity contribution is -0.710. The van der Waals surface area contributed by atoms with Crippen molar-refractivity contribution in [1.82, 2.24) is 0 Å². The third kappa shape index (κ3) is 3.19. The Kier molecular flexibility index (Phi) is 4.40. The molecule has 1 saturated heterocycles. The minimum absolute atomic E-state index is 0.0621. The van der Waals surface area contributed by atoms with E-state index in [2.05, 4.69) is 21.2 Å². The number of hydrogen-bond acceptors (Lipinski definition) is 2. The molecule has 2 amide bonds. The Morgan fingerprint density at radius 1 is 1.05 bits per heavy atom. The Balaban J connectivity index is 1.71. The van der Waals surface area contributed by atoms with Gasteiger partial charge in [0.05, 0.1) is 18.2 Å². The van der Waals surface area contributed by atoms with Crippen molar-refractivity contribution < 1.29 is 14.9 Å². The first-order chi connectivity index (χ1) is 10.1. The van der Waals surface area contributed by atoms with E-state index in [4.69, 9.17) is 0 Å². The van der Waals surface area contributed by atoms with Crippen LogP contribution in [0, 0.1) is 0 Å². The van der Waals surface area contributed by atoms with Gasteiger partial charge in [-0.15, -0.1) is 0 Å². The molecule has 5 heteroatoms. The van der Waals surface area contributed by atoms with Crippen LogP contribution in [0.1, 0.15) is 38.5 Å². The number of nitrogens with two attached hydrogens (primary N) is 1. The summed E-state index contributed by atoms with van der Waals surface area (Å²) in [6.45, 7) is 0. The zero-order valence-electron chi connectivity index (χ0n) is 11.9. The molecule has 2 aliphatic rings.